The van der Waals surface area contributed by atoms with Crippen molar-refractivity contribution in [3.63, 3.8) is 0 Å². The monoisotopic (exact) mass is 1540 g/mol. The van der Waals surface area contributed by atoms with Crippen LogP contribution in [0.3, 0.4) is 0 Å². The third kappa shape index (κ3) is 18.7. The molecular formula is C78H86Cl2N10O19. The normalized spacial score (nSPS) is 19.9. The second kappa shape index (κ2) is 33.9. The third-order valence-corrected chi connectivity index (χ3v) is 19.3. The van der Waals surface area contributed by atoms with E-state index in [9.17, 15) is 50.1 Å². The van der Waals surface area contributed by atoms with E-state index in [-0.39, 0.29) is 102 Å². The Morgan fingerprint density at radius 2 is 1.17 bits per heavy atom. The minimum Gasteiger partial charge on any atom is -0.508 e. The Morgan fingerprint density at radius 1 is 0.560 bits per heavy atom. The van der Waals surface area contributed by atoms with E-state index in [2.05, 4.69) is 54.8 Å². The predicted octanol–water partition coefficient (Wildman–Crippen LogP) is 9.37. The van der Waals surface area contributed by atoms with Crippen LogP contribution in [-0.4, -0.2) is 140 Å². The van der Waals surface area contributed by atoms with Crippen molar-refractivity contribution in [1.29, 1.82) is 0 Å². The summed E-state index contributed by atoms with van der Waals surface area (Å²) in [5.41, 5.74) is -2.84. The van der Waals surface area contributed by atoms with Crippen LogP contribution in [0.1, 0.15) is 160 Å². The van der Waals surface area contributed by atoms with E-state index in [1.807, 2.05) is 19.0 Å². The fourth-order valence-electron chi connectivity index (χ4n) is 13.2. The van der Waals surface area contributed by atoms with Gasteiger partial charge in [-0.05, 0) is 179 Å². The molecule has 29 nitrogen and oxygen atoms in total. The Balaban J connectivity index is 1.10. The summed E-state index contributed by atoms with van der Waals surface area (Å²) in [7, 11) is 3.65. The van der Waals surface area contributed by atoms with Crippen LogP contribution in [0, 0.1) is 0 Å². The first-order valence-electron chi connectivity index (χ1n) is 35.6. The molecule has 0 aromatic heterocycles. The average Bonchev–Trinajstić information content (AvgIpc) is 0.755. The first-order valence-corrected chi connectivity index (χ1v) is 36.4. The maximum atomic E-state index is 16.2. The summed E-state index contributed by atoms with van der Waals surface area (Å²) in [5, 5.41) is 109. The number of fused-ring (bicyclic) bond motifs is 14. The maximum Gasteiger partial charge on any atom is 0.408 e. The van der Waals surface area contributed by atoms with Crippen molar-refractivity contribution < 1.29 is 93.0 Å². The van der Waals surface area contributed by atoms with Gasteiger partial charge in [0, 0.05) is 36.7 Å². The molecule has 6 heterocycles. The van der Waals surface area contributed by atoms with Crippen LogP contribution in [0.4, 0.5) is 4.79 Å². The predicted molar refractivity (Wildman–Crippen MR) is 398 cm³/mol. The number of ether oxygens (including phenoxy) is 4. The lowest BCUT2D eigenvalue weighted by Gasteiger charge is -2.32. The highest BCUT2D eigenvalue weighted by atomic mass is 35.5. The number of nitrogens with one attached hydrogen (secondary N) is 9. The van der Waals surface area contributed by atoms with E-state index in [0.29, 0.717) is 19.5 Å². The number of amides is 8. The number of phenolic OH excluding ortho intramolecular Hbond substituents is 6. The number of aromatic hydroxyl groups is 6. The summed E-state index contributed by atoms with van der Waals surface area (Å²) in [6, 6.07) is 7.84. The van der Waals surface area contributed by atoms with Crippen molar-refractivity contribution in [2.24, 2.45) is 0 Å². The summed E-state index contributed by atoms with van der Waals surface area (Å²) < 4.78 is 24.4. The summed E-state index contributed by atoms with van der Waals surface area (Å²) >= 11 is 14.0. The van der Waals surface area contributed by atoms with Gasteiger partial charge < -0.3 is 107 Å². The lowest BCUT2D eigenvalue weighted by Crippen LogP contribution is -2.56. The molecule has 13 rings (SSSR count). The van der Waals surface area contributed by atoms with Crippen LogP contribution in [0.5, 0.6) is 69.0 Å². The summed E-state index contributed by atoms with van der Waals surface area (Å²) in [4.78, 5) is 124. The van der Waals surface area contributed by atoms with Crippen LogP contribution in [0.15, 0.2) is 109 Å². The number of alkyl carbamates (subject to hydrolysis) is 1. The Kier molecular flexibility index (Phi) is 24.5. The molecule has 0 radical (unpaired) electrons. The lowest BCUT2D eigenvalue weighted by molar-refractivity contribution is -0.137. The molecule has 31 heteroatoms. The fraction of sp³-hybridized carbons (Fsp3) is 0.359. The van der Waals surface area contributed by atoms with E-state index in [4.69, 9.17) is 42.1 Å². The van der Waals surface area contributed by atoms with Crippen molar-refractivity contribution >= 4 is 70.6 Å². The maximum absolute atomic E-state index is 16.2. The SMILES string of the molecule is CCCCCCCCCNCc1c(O)cc2c(c1O)-c1cc(ccc1O)[C@@H]1NC(=O)[C@H]3NC(=O)[C@H]4NC(=O)[C@H](Cc5ccc(c(Cl)c5)Oc5cc3cc(c5O)Oc3ccc(cc3Cl)C(O)[C@H](NC1=O)C(=O)N[C@@H]2C(=O)NCCCN(C)C)NC(=O)[C@H](NC(=O)OC(C)(C)C)c1ccc(O)c(c1)Oc1cc(O)cc4c1. The summed E-state index contributed by atoms with van der Waals surface area (Å²) in [6.45, 7) is 7.72. The van der Waals surface area contributed by atoms with Gasteiger partial charge in [-0.1, -0.05) is 92.9 Å². The molecule has 8 amide bonds. The van der Waals surface area contributed by atoms with Gasteiger partial charge in [0.2, 0.25) is 47.1 Å². The van der Waals surface area contributed by atoms with Crippen LogP contribution < -0.4 is 62.1 Å². The molecule has 17 bridgehead atoms. The first kappa shape index (κ1) is 78.8. The van der Waals surface area contributed by atoms with Gasteiger partial charge in [-0.15, -0.1) is 0 Å². The van der Waals surface area contributed by atoms with Gasteiger partial charge in [0.05, 0.1) is 15.6 Å². The highest BCUT2D eigenvalue weighted by Gasteiger charge is 2.42. The number of halogens is 2. The molecule has 0 spiro atoms. The van der Waals surface area contributed by atoms with Crippen molar-refractivity contribution in [2.75, 3.05) is 33.7 Å². The number of carbonyl (C=O) groups excluding carboxylic acids is 8. The van der Waals surface area contributed by atoms with Crippen molar-refractivity contribution in [2.45, 2.75) is 146 Å². The van der Waals surface area contributed by atoms with Crippen LogP contribution >= 0.6 is 23.2 Å². The second-order valence-corrected chi connectivity index (χ2v) is 29.2. The first-order chi connectivity index (χ1) is 51.9. The molecule has 109 heavy (non-hydrogen) atoms. The molecule has 0 fully saturated rings. The number of unbranched alkanes of at least 4 members (excludes halogenated alkanes) is 6. The molecule has 1 unspecified atom stereocenters. The number of hydrogen-bond donors (Lipinski definition) is 16. The zero-order valence-corrected chi connectivity index (χ0v) is 61.9. The average molecular weight is 1540 g/mol. The fourth-order valence-corrected chi connectivity index (χ4v) is 13.6. The van der Waals surface area contributed by atoms with Gasteiger partial charge in [-0.3, -0.25) is 33.6 Å². The molecule has 16 N–H and O–H groups in total. The molecule has 7 aromatic rings. The molecular weight excluding hydrogens is 1450 g/mol. The quantitative estimate of drug-likeness (QED) is 0.0400. The minimum absolute atomic E-state index is 0.00160. The van der Waals surface area contributed by atoms with Gasteiger partial charge in [0.1, 0.15) is 94.2 Å². The van der Waals surface area contributed by atoms with Crippen molar-refractivity contribution in [3.05, 3.63) is 164 Å². The Bertz CT molecular complexity index is 4690. The molecule has 0 saturated carbocycles. The molecule has 0 aliphatic carbocycles. The van der Waals surface area contributed by atoms with Gasteiger partial charge in [-0.25, -0.2) is 4.79 Å². The number of nitrogens with zero attached hydrogens (tertiary/aromatic N) is 1. The van der Waals surface area contributed by atoms with E-state index >= 15 is 24.0 Å². The molecule has 7 aromatic carbocycles. The van der Waals surface area contributed by atoms with Crippen LogP contribution in [0.2, 0.25) is 10.0 Å². The number of aliphatic hydroxyl groups excluding tert-OH is 1. The highest BCUT2D eigenvalue weighted by molar-refractivity contribution is 6.32. The molecule has 6 aliphatic rings. The molecule has 6 aliphatic heterocycles. The number of aliphatic hydroxyl groups is 1. The third-order valence-electron chi connectivity index (χ3n) is 18.7. The zero-order chi connectivity index (χ0) is 78.3. The van der Waals surface area contributed by atoms with E-state index < -0.39 is 154 Å². The Morgan fingerprint density at radius 3 is 1.83 bits per heavy atom. The van der Waals surface area contributed by atoms with E-state index in [1.54, 1.807) is 20.8 Å². The van der Waals surface area contributed by atoms with Crippen LogP contribution in [0.25, 0.3) is 11.1 Å². The standard InChI is InChI=1S/C78H86Cl2N10O19/c1-7-8-9-10-11-12-13-23-81-37-48-54(94)36-47-60(68(48)96)46-30-39(16-19-52(46)92)61-73(101)88-66(76(104)87-65(47)71(99)82-24-14-25-90(5)6)67(95)41-18-22-56(50(80)31-41)108-59-34-43-33-58(69(59)97)107-55-21-15-38(26-49(55)79)27-51-70(98)84-63(74(102)86-64(43)75(103)85-61)42-28-44(91)35-45(29-42)106-57-32-40(17-20-53(57)93)62(72(100)83-51)89-77(105)109-78(2,3)4/h15-22,26,28-36,51,61-67,81,91-97H,7-14,23-25,27,37H2,1-6H3,(H,82,99)(H,83,100)(H,84,98)(H,85,103)(H,86,102)(H,87,104)(H,88,101)(H,89,105)/t51-,61-,62+,63-,64-,65-,66-,67?/m0/s1. The van der Waals surface area contributed by atoms with Crippen molar-refractivity contribution in [3.8, 4) is 80.1 Å². The molecule has 576 valence electrons. The van der Waals surface area contributed by atoms with Crippen LogP contribution in [-0.2, 0) is 51.3 Å². The molecule has 0 saturated heterocycles. The number of hydrogen-bond acceptors (Lipinski definition) is 21. The summed E-state index contributed by atoms with van der Waals surface area (Å²) in [5.74, 6) is -13.9. The largest absolute Gasteiger partial charge is 0.508 e. The van der Waals surface area contributed by atoms with Gasteiger partial charge in [0.25, 0.3) is 0 Å². The zero-order valence-electron chi connectivity index (χ0n) is 60.4. The number of carbonyl (C=O) groups is 8. The van der Waals surface area contributed by atoms with Gasteiger partial charge >= 0.3 is 6.09 Å². The smallest absolute Gasteiger partial charge is 0.408 e. The lowest BCUT2D eigenvalue weighted by atomic mass is 9.87. The van der Waals surface area contributed by atoms with E-state index in [0.717, 1.165) is 87.4 Å². The number of benzene rings is 7. The topological polar surface area (TPSA) is 427 Å². The van der Waals surface area contributed by atoms with Crippen molar-refractivity contribution in [1.82, 2.24) is 52.8 Å². The highest BCUT2D eigenvalue weighted by Crippen LogP contribution is 2.49. The van der Waals surface area contributed by atoms with Gasteiger partial charge in [0.15, 0.2) is 23.0 Å². The summed E-state index contributed by atoms with van der Waals surface area (Å²) in [6.07, 6.45) is 3.78. The minimum atomic E-state index is -2.21. The van der Waals surface area contributed by atoms with Gasteiger partial charge in [-0.2, -0.15) is 0 Å². The number of phenols is 6. The number of rotatable bonds is 16. The Labute approximate surface area is 637 Å². The molecule has 8 atom stereocenters. The Hall–Kier alpha value is -11.2. The second-order valence-electron chi connectivity index (χ2n) is 28.4. The van der Waals surface area contributed by atoms with E-state index in [1.165, 1.54) is 66.7 Å².